The van der Waals surface area contributed by atoms with Crippen LogP contribution < -0.4 is 10.2 Å². The molecule has 1 unspecified atom stereocenters. The van der Waals surface area contributed by atoms with E-state index in [9.17, 15) is 18.3 Å². The lowest BCUT2D eigenvalue weighted by atomic mass is 9.92. The van der Waals surface area contributed by atoms with Gasteiger partial charge in [0.15, 0.2) is 17.3 Å². The van der Waals surface area contributed by atoms with E-state index in [4.69, 9.17) is 9.72 Å². The minimum atomic E-state index is -1.06. The van der Waals surface area contributed by atoms with Gasteiger partial charge in [0, 0.05) is 31.8 Å². The number of hydrogen-bond acceptors (Lipinski definition) is 7. The van der Waals surface area contributed by atoms with Crippen LogP contribution in [0.3, 0.4) is 0 Å². The topological polar surface area (TPSA) is 88.3 Å². The van der Waals surface area contributed by atoms with Gasteiger partial charge in [-0.05, 0) is 32.1 Å². The molecule has 2 N–H and O–H groups in total. The summed E-state index contributed by atoms with van der Waals surface area (Å²) in [6.07, 6.45) is 5.15. The Hall–Kier alpha value is -2.92. The molecular formula is C22H25F3N6O2. The summed E-state index contributed by atoms with van der Waals surface area (Å²) >= 11 is 0. The lowest BCUT2D eigenvalue weighted by molar-refractivity contribution is 0.122. The molecular weight excluding hydrogens is 437 g/mol. The van der Waals surface area contributed by atoms with E-state index < -0.39 is 23.1 Å². The minimum Gasteiger partial charge on any atom is -0.393 e. The Balaban J connectivity index is 1.54. The molecule has 33 heavy (non-hydrogen) atoms. The fraction of sp³-hybridized carbons (Fsp3) is 0.500. The predicted octanol–water partition coefficient (Wildman–Crippen LogP) is 3.69. The molecule has 11 heteroatoms. The van der Waals surface area contributed by atoms with E-state index in [0.717, 1.165) is 25.7 Å². The van der Waals surface area contributed by atoms with Crippen molar-refractivity contribution in [3.8, 4) is 0 Å². The van der Waals surface area contributed by atoms with Crippen LogP contribution in [0.25, 0.3) is 11.2 Å². The van der Waals surface area contributed by atoms with Crippen molar-refractivity contribution in [2.24, 2.45) is 0 Å². The van der Waals surface area contributed by atoms with E-state index in [1.165, 1.54) is 0 Å². The molecule has 1 atom stereocenters. The maximum atomic E-state index is 14.3. The summed E-state index contributed by atoms with van der Waals surface area (Å²) in [5.74, 6) is -2.42. The van der Waals surface area contributed by atoms with Gasteiger partial charge in [0.2, 0.25) is 11.9 Å². The van der Waals surface area contributed by atoms with E-state index >= 15 is 0 Å². The summed E-state index contributed by atoms with van der Waals surface area (Å²) in [5, 5.41) is 12.5. The Morgan fingerprint density at radius 1 is 1.09 bits per heavy atom. The zero-order valence-electron chi connectivity index (χ0n) is 18.1. The maximum absolute atomic E-state index is 14.3. The summed E-state index contributed by atoms with van der Waals surface area (Å²) in [6.45, 7) is 0.954. The van der Waals surface area contributed by atoms with Gasteiger partial charge in [-0.25, -0.2) is 23.1 Å². The number of halogens is 3. The monoisotopic (exact) mass is 462 g/mol. The number of ether oxygens (including phenoxy) is 1. The zero-order valence-corrected chi connectivity index (χ0v) is 18.1. The summed E-state index contributed by atoms with van der Waals surface area (Å²) in [6, 6.07) is 1.30. The predicted molar refractivity (Wildman–Crippen MR) is 116 cm³/mol. The molecule has 0 spiro atoms. The molecule has 3 heterocycles. The van der Waals surface area contributed by atoms with Crippen LogP contribution in [-0.4, -0.2) is 57.0 Å². The zero-order chi connectivity index (χ0) is 23.1. The summed E-state index contributed by atoms with van der Waals surface area (Å²) in [7, 11) is 1.92. The van der Waals surface area contributed by atoms with E-state index in [1.807, 2.05) is 11.9 Å². The first-order chi connectivity index (χ1) is 15.9. The molecule has 0 amide bonds. The molecule has 1 aliphatic heterocycles. The van der Waals surface area contributed by atoms with Crippen LogP contribution in [0.15, 0.2) is 18.3 Å². The molecule has 3 aromatic rings. The standard InChI is InChI=1S/C22H25F3N6O2/c1-30(13-2-4-15(32)5-3-13)21-26-10-18-20(29-21)31(14-6-7-33-11-14)22(27-18)28-19-16(24)8-12(23)9-17(19)25/h8-10,13-15,32H,2-7,11H2,1H3,(H,27,28). The molecule has 1 aromatic carbocycles. The molecule has 0 bridgehead atoms. The Bertz CT molecular complexity index is 1140. The number of hydrogen-bond donors (Lipinski definition) is 2. The number of aliphatic hydroxyl groups excluding tert-OH is 1. The van der Waals surface area contributed by atoms with Gasteiger partial charge in [-0.1, -0.05) is 0 Å². The highest BCUT2D eigenvalue weighted by atomic mass is 19.1. The molecule has 176 valence electrons. The van der Waals surface area contributed by atoms with Crippen molar-refractivity contribution in [2.75, 3.05) is 30.5 Å². The smallest absolute Gasteiger partial charge is 0.227 e. The van der Waals surface area contributed by atoms with E-state index in [1.54, 1.807) is 10.8 Å². The number of nitrogens with one attached hydrogen (secondary N) is 1. The first-order valence-electron chi connectivity index (χ1n) is 11.1. The van der Waals surface area contributed by atoms with Crippen LogP contribution in [0.2, 0.25) is 0 Å². The van der Waals surface area contributed by atoms with Crippen LogP contribution in [-0.2, 0) is 4.74 Å². The van der Waals surface area contributed by atoms with E-state index in [2.05, 4.69) is 15.3 Å². The summed E-state index contributed by atoms with van der Waals surface area (Å²) < 4.78 is 49.3. The van der Waals surface area contributed by atoms with Crippen molar-refractivity contribution in [3.05, 3.63) is 35.8 Å². The average Bonchev–Trinajstić information content (AvgIpc) is 3.43. The first-order valence-corrected chi connectivity index (χ1v) is 11.1. The van der Waals surface area contributed by atoms with Crippen LogP contribution >= 0.6 is 0 Å². The highest BCUT2D eigenvalue weighted by Gasteiger charge is 2.28. The maximum Gasteiger partial charge on any atom is 0.227 e. The van der Waals surface area contributed by atoms with Crippen molar-refractivity contribution in [1.82, 2.24) is 19.5 Å². The molecule has 0 radical (unpaired) electrons. The van der Waals surface area contributed by atoms with Crippen molar-refractivity contribution >= 4 is 28.7 Å². The van der Waals surface area contributed by atoms with Crippen molar-refractivity contribution in [3.63, 3.8) is 0 Å². The van der Waals surface area contributed by atoms with Gasteiger partial charge in [0.05, 0.1) is 24.9 Å². The number of fused-ring (bicyclic) bond motifs is 1. The molecule has 2 aliphatic rings. The Kier molecular flexibility index (Phi) is 5.83. The highest BCUT2D eigenvalue weighted by Crippen LogP contribution is 2.33. The second kappa shape index (κ2) is 8.79. The largest absolute Gasteiger partial charge is 0.393 e. The lowest BCUT2D eigenvalue weighted by Gasteiger charge is -2.33. The molecule has 8 nitrogen and oxygen atoms in total. The number of nitrogens with zero attached hydrogens (tertiary/aromatic N) is 5. The van der Waals surface area contributed by atoms with Crippen molar-refractivity contribution in [1.29, 1.82) is 0 Å². The third-order valence-corrected chi connectivity index (χ3v) is 6.46. The SMILES string of the molecule is CN(c1ncc2nc(Nc3c(F)cc(F)cc3F)n(C3CCOC3)c2n1)C1CCC(O)CC1. The third-order valence-electron chi connectivity index (χ3n) is 6.46. The second-order valence-corrected chi connectivity index (χ2v) is 8.64. The van der Waals surface area contributed by atoms with Gasteiger partial charge in [0.25, 0.3) is 0 Å². The molecule has 2 fully saturated rings. The summed E-state index contributed by atoms with van der Waals surface area (Å²) in [4.78, 5) is 15.7. The number of rotatable bonds is 5. The number of aromatic nitrogens is 4. The van der Waals surface area contributed by atoms with E-state index in [-0.39, 0.29) is 24.1 Å². The van der Waals surface area contributed by atoms with Crippen LogP contribution in [0.1, 0.15) is 38.1 Å². The minimum absolute atomic E-state index is 0.137. The normalized spacial score (nSPS) is 23.2. The van der Waals surface area contributed by atoms with Gasteiger partial charge in [0.1, 0.15) is 17.0 Å². The number of benzene rings is 1. The summed E-state index contributed by atoms with van der Waals surface area (Å²) in [5.41, 5.74) is 0.491. The number of aliphatic hydroxyl groups is 1. The lowest BCUT2D eigenvalue weighted by Crippen LogP contribution is -2.37. The molecule has 5 rings (SSSR count). The Morgan fingerprint density at radius 2 is 1.82 bits per heavy atom. The Labute approximate surface area is 188 Å². The Morgan fingerprint density at radius 3 is 2.48 bits per heavy atom. The fourth-order valence-electron chi connectivity index (χ4n) is 4.59. The first kappa shape index (κ1) is 21.9. The quantitative estimate of drug-likeness (QED) is 0.598. The van der Waals surface area contributed by atoms with Crippen molar-refractivity contribution < 1.29 is 23.0 Å². The molecule has 1 saturated carbocycles. The fourth-order valence-corrected chi connectivity index (χ4v) is 4.59. The molecule has 1 aliphatic carbocycles. The average molecular weight is 462 g/mol. The third kappa shape index (κ3) is 4.22. The van der Waals surface area contributed by atoms with Crippen LogP contribution in [0.4, 0.5) is 30.8 Å². The molecule has 1 saturated heterocycles. The number of imidazole rings is 1. The van der Waals surface area contributed by atoms with Gasteiger partial charge < -0.3 is 20.1 Å². The number of anilines is 3. The molecule has 2 aromatic heterocycles. The van der Waals surface area contributed by atoms with E-state index in [0.29, 0.717) is 48.9 Å². The van der Waals surface area contributed by atoms with Gasteiger partial charge in [-0.2, -0.15) is 4.98 Å². The van der Waals surface area contributed by atoms with Crippen LogP contribution in [0, 0.1) is 17.5 Å². The van der Waals surface area contributed by atoms with Gasteiger partial charge in [-0.3, -0.25) is 4.57 Å². The van der Waals surface area contributed by atoms with Crippen molar-refractivity contribution in [2.45, 2.75) is 50.3 Å². The van der Waals surface area contributed by atoms with Gasteiger partial charge in [-0.15, -0.1) is 0 Å². The van der Waals surface area contributed by atoms with Gasteiger partial charge >= 0.3 is 0 Å². The highest BCUT2D eigenvalue weighted by molar-refractivity contribution is 5.77. The van der Waals surface area contributed by atoms with Crippen LogP contribution in [0.5, 0.6) is 0 Å². The second-order valence-electron chi connectivity index (χ2n) is 8.64.